The molecule has 2 heterocycles. The first kappa shape index (κ1) is 15.3. The zero-order chi connectivity index (χ0) is 14.1. The van der Waals surface area contributed by atoms with Crippen LogP contribution in [0.2, 0.25) is 0 Å². The van der Waals surface area contributed by atoms with E-state index in [0.717, 1.165) is 4.88 Å². The van der Waals surface area contributed by atoms with Gasteiger partial charge in [0.05, 0.1) is 18.8 Å². The van der Waals surface area contributed by atoms with E-state index in [-0.39, 0.29) is 0 Å². The lowest BCUT2D eigenvalue weighted by atomic mass is 10.1. The van der Waals surface area contributed by atoms with Crippen LogP contribution >= 0.6 is 22.9 Å². The lowest BCUT2D eigenvalue weighted by Crippen LogP contribution is -2.55. The summed E-state index contributed by atoms with van der Waals surface area (Å²) >= 11 is 6.99. The third-order valence-electron chi connectivity index (χ3n) is 3.09. The maximum absolute atomic E-state index is 12.7. The molecule has 0 atom stereocenters. The van der Waals surface area contributed by atoms with E-state index in [2.05, 4.69) is 0 Å². The molecule has 1 aliphatic heterocycles. The molecule has 108 valence electrons. The van der Waals surface area contributed by atoms with Crippen LogP contribution in [0.3, 0.4) is 0 Å². The number of hydrogen-bond donors (Lipinski definition) is 0. The summed E-state index contributed by atoms with van der Waals surface area (Å²) in [5, 5.41) is 0. The summed E-state index contributed by atoms with van der Waals surface area (Å²) in [6.45, 7) is 5.04. The molecule has 0 aliphatic carbocycles. The standard InChI is InChI=1S/C12H18ClNO3S2/c1-12(2)9-17-8-7-14(12)19(15,16)11-4-3-10(18-11)5-6-13/h3-4H,5-9H2,1-2H3. The van der Waals surface area contributed by atoms with Crippen molar-refractivity contribution in [3.05, 3.63) is 17.0 Å². The highest BCUT2D eigenvalue weighted by atomic mass is 35.5. The first-order valence-electron chi connectivity index (χ1n) is 6.13. The van der Waals surface area contributed by atoms with Crippen molar-refractivity contribution in [1.29, 1.82) is 0 Å². The minimum Gasteiger partial charge on any atom is -0.378 e. The van der Waals surface area contributed by atoms with E-state index >= 15 is 0 Å². The Morgan fingerprint density at radius 2 is 2.21 bits per heavy atom. The number of morpholine rings is 1. The van der Waals surface area contributed by atoms with Crippen molar-refractivity contribution < 1.29 is 13.2 Å². The predicted octanol–water partition coefficient (Wildman–Crippen LogP) is 2.33. The Morgan fingerprint density at radius 3 is 2.84 bits per heavy atom. The van der Waals surface area contributed by atoms with Crippen LogP contribution < -0.4 is 0 Å². The summed E-state index contributed by atoms with van der Waals surface area (Å²) in [4.78, 5) is 1.000. The smallest absolute Gasteiger partial charge is 0.253 e. The summed E-state index contributed by atoms with van der Waals surface area (Å²) in [6, 6.07) is 3.51. The zero-order valence-corrected chi connectivity index (χ0v) is 13.4. The lowest BCUT2D eigenvalue weighted by Gasteiger charge is -2.40. The van der Waals surface area contributed by atoms with Crippen molar-refractivity contribution in [2.45, 2.75) is 30.0 Å². The molecule has 0 spiro atoms. The predicted molar refractivity (Wildman–Crippen MR) is 77.5 cm³/mol. The van der Waals surface area contributed by atoms with Crippen molar-refractivity contribution in [1.82, 2.24) is 4.31 Å². The Bertz CT molecular complexity index is 539. The molecule has 0 radical (unpaired) electrons. The van der Waals surface area contributed by atoms with Crippen molar-refractivity contribution in [3.63, 3.8) is 0 Å². The van der Waals surface area contributed by atoms with Crippen LogP contribution in [0.1, 0.15) is 18.7 Å². The second-order valence-electron chi connectivity index (χ2n) is 5.10. The molecule has 1 fully saturated rings. The van der Waals surface area contributed by atoms with Crippen LogP contribution in [0.15, 0.2) is 16.3 Å². The van der Waals surface area contributed by atoms with Gasteiger partial charge in [0, 0.05) is 17.3 Å². The van der Waals surface area contributed by atoms with Crippen molar-refractivity contribution >= 4 is 33.0 Å². The first-order chi connectivity index (χ1) is 8.88. The zero-order valence-electron chi connectivity index (χ0n) is 11.1. The maximum Gasteiger partial charge on any atom is 0.253 e. The summed E-state index contributed by atoms with van der Waals surface area (Å²) in [5.41, 5.74) is -0.506. The van der Waals surface area contributed by atoms with Crippen LogP contribution in [-0.4, -0.2) is 43.9 Å². The molecule has 0 unspecified atom stereocenters. The second kappa shape index (κ2) is 5.69. The van der Waals surface area contributed by atoms with Gasteiger partial charge >= 0.3 is 0 Å². The van der Waals surface area contributed by atoms with Crippen LogP contribution in [0.5, 0.6) is 0 Å². The Labute approximate surface area is 123 Å². The van der Waals surface area contributed by atoms with E-state index in [4.69, 9.17) is 16.3 Å². The molecule has 7 heteroatoms. The van der Waals surface area contributed by atoms with Gasteiger partial charge in [-0.3, -0.25) is 0 Å². The van der Waals surface area contributed by atoms with E-state index in [9.17, 15) is 8.42 Å². The SMILES string of the molecule is CC1(C)COCCN1S(=O)(=O)c1ccc(CCCl)s1. The summed E-state index contributed by atoms with van der Waals surface area (Å²) < 4.78 is 32.6. The van der Waals surface area contributed by atoms with Gasteiger partial charge in [-0.2, -0.15) is 4.31 Å². The average molecular weight is 324 g/mol. The topological polar surface area (TPSA) is 46.6 Å². The highest BCUT2D eigenvalue weighted by molar-refractivity contribution is 7.91. The number of hydrogen-bond acceptors (Lipinski definition) is 4. The Balaban J connectivity index is 2.30. The van der Waals surface area contributed by atoms with Crippen LogP contribution in [0.4, 0.5) is 0 Å². The summed E-state index contributed by atoms with van der Waals surface area (Å²) in [6.07, 6.45) is 0.703. The third kappa shape index (κ3) is 3.13. The monoisotopic (exact) mass is 323 g/mol. The first-order valence-corrected chi connectivity index (χ1v) is 8.92. The van der Waals surface area contributed by atoms with Gasteiger partial charge in [0.15, 0.2) is 0 Å². The van der Waals surface area contributed by atoms with Gasteiger partial charge in [0.1, 0.15) is 4.21 Å². The average Bonchev–Trinajstić information content (AvgIpc) is 2.78. The van der Waals surface area contributed by atoms with Crippen molar-refractivity contribution in [2.24, 2.45) is 0 Å². The van der Waals surface area contributed by atoms with Gasteiger partial charge in [-0.15, -0.1) is 22.9 Å². The van der Waals surface area contributed by atoms with Crippen LogP contribution in [0, 0.1) is 0 Å². The van der Waals surface area contributed by atoms with E-state index in [1.807, 2.05) is 19.9 Å². The molecule has 1 aliphatic rings. The van der Waals surface area contributed by atoms with Gasteiger partial charge in [0.25, 0.3) is 10.0 Å². The molecule has 4 nitrogen and oxygen atoms in total. The van der Waals surface area contributed by atoms with E-state index in [1.54, 1.807) is 10.4 Å². The summed E-state index contributed by atoms with van der Waals surface area (Å²) in [7, 11) is -3.44. The van der Waals surface area contributed by atoms with Crippen molar-refractivity contribution in [2.75, 3.05) is 25.6 Å². The number of alkyl halides is 1. The number of ether oxygens (including phenoxy) is 1. The minimum atomic E-state index is -3.44. The van der Waals surface area contributed by atoms with E-state index in [0.29, 0.717) is 36.3 Å². The fourth-order valence-corrected chi connectivity index (χ4v) is 5.66. The largest absolute Gasteiger partial charge is 0.378 e. The normalized spacial score (nSPS) is 20.6. The molecule has 1 aromatic heterocycles. The second-order valence-corrected chi connectivity index (χ2v) is 8.74. The lowest BCUT2D eigenvalue weighted by molar-refractivity contribution is -0.00761. The number of thiophene rings is 1. The molecule has 1 aromatic rings. The van der Waals surface area contributed by atoms with Crippen LogP contribution in [0.25, 0.3) is 0 Å². The van der Waals surface area contributed by atoms with E-state index < -0.39 is 15.6 Å². The maximum atomic E-state index is 12.7. The van der Waals surface area contributed by atoms with Gasteiger partial charge in [-0.05, 0) is 32.4 Å². The fraction of sp³-hybridized carbons (Fsp3) is 0.667. The molecular weight excluding hydrogens is 306 g/mol. The molecule has 1 saturated heterocycles. The third-order valence-corrected chi connectivity index (χ3v) is 7.00. The molecule has 2 rings (SSSR count). The molecule has 0 amide bonds. The number of sulfonamides is 1. The van der Waals surface area contributed by atoms with Crippen molar-refractivity contribution in [3.8, 4) is 0 Å². The Kier molecular flexibility index (Phi) is 4.57. The van der Waals surface area contributed by atoms with Gasteiger partial charge in [-0.25, -0.2) is 8.42 Å². The van der Waals surface area contributed by atoms with E-state index in [1.165, 1.54) is 11.3 Å². The molecule has 19 heavy (non-hydrogen) atoms. The Hall–Kier alpha value is -0.140. The Morgan fingerprint density at radius 1 is 1.47 bits per heavy atom. The minimum absolute atomic E-state index is 0.391. The number of aryl methyl sites for hydroxylation is 1. The molecule has 0 N–H and O–H groups in total. The van der Waals surface area contributed by atoms with Crippen LogP contribution in [-0.2, 0) is 21.2 Å². The fourth-order valence-electron chi connectivity index (χ4n) is 2.12. The number of nitrogens with zero attached hydrogens (tertiary/aromatic N) is 1. The molecular formula is C12H18ClNO3S2. The highest BCUT2D eigenvalue weighted by Crippen LogP contribution is 2.31. The molecule has 0 saturated carbocycles. The number of halogens is 1. The highest BCUT2D eigenvalue weighted by Gasteiger charge is 2.40. The molecule has 0 bridgehead atoms. The van der Waals surface area contributed by atoms with Gasteiger partial charge in [0.2, 0.25) is 0 Å². The quantitative estimate of drug-likeness (QED) is 0.799. The van der Waals surface area contributed by atoms with Gasteiger partial charge in [-0.1, -0.05) is 0 Å². The molecule has 0 aromatic carbocycles. The van der Waals surface area contributed by atoms with Gasteiger partial charge < -0.3 is 4.74 Å². The number of rotatable bonds is 4. The summed E-state index contributed by atoms with van der Waals surface area (Å²) in [5.74, 6) is 0.503.